The number of nitrogens with one attached hydrogen (secondary N) is 1. The largest absolute Gasteiger partial charge is 0.495 e. The molecule has 0 saturated carbocycles. The minimum absolute atomic E-state index is 0.492. The van der Waals surface area contributed by atoms with E-state index in [0.29, 0.717) is 6.04 Å². The van der Waals surface area contributed by atoms with Crippen LogP contribution in [0.15, 0.2) is 48.5 Å². The van der Waals surface area contributed by atoms with Gasteiger partial charge in [0.2, 0.25) is 0 Å². The molecule has 98 valence electrons. The Hall–Kier alpha value is -1.96. The Morgan fingerprint density at radius 1 is 1.00 bits per heavy atom. The number of methoxy groups -OCH3 is 1. The Morgan fingerprint density at radius 3 is 2.58 bits per heavy atom. The molecule has 1 aliphatic rings. The van der Waals surface area contributed by atoms with Crippen molar-refractivity contribution >= 4 is 5.69 Å². The smallest absolute Gasteiger partial charge is 0.141 e. The number of anilines is 1. The number of aryl methyl sites for hydroxylation is 1. The normalized spacial score (nSPS) is 17.6. The summed E-state index contributed by atoms with van der Waals surface area (Å²) < 4.78 is 5.39. The van der Waals surface area contributed by atoms with E-state index in [-0.39, 0.29) is 0 Å². The summed E-state index contributed by atoms with van der Waals surface area (Å²) in [6, 6.07) is 17.4. The summed E-state index contributed by atoms with van der Waals surface area (Å²) >= 11 is 0. The number of benzene rings is 2. The summed E-state index contributed by atoms with van der Waals surface area (Å²) in [5.74, 6) is 0.918. The minimum Gasteiger partial charge on any atom is -0.495 e. The van der Waals surface area contributed by atoms with Gasteiger partial charge in [-0.2, -0.15) is 0 Å². The van der Waals surface area contributed by atoms with Gasteiger partial charge in [0.25, 0.3) is 0 Å². The van der Waals surface area contributed by atoms with Gasteiger partial charge in [-0.15, -0.1) is 0 Å². The molecule has 0 fully saturated rings. The van der Waals surface area contributed by atoms with Crippen molar-refractivity contribution in [2.75, 3.05) is 12.4 Å². The first-order valence-corrected chi connectivity index (χ1v) is 6.83. The maximum absolute atomic E-state index is 5.39. The van der Waals surface area contributed by atoms with Crippen LogP contribution in [-0.2, 0) is 12.8 Å². The van der Waals surface area contributed by atoms with Gasteiger partial charge >= 0.3 is 0 Å². The molecule has 2 heteroatoms. The Kier molecular flexibility index (Phi) is 3.41. The van der Waals surface area contributed by atoms with Crippen molar-refractivity contribution < 1.29 is 4.74 Å². The molecule has 1 unspecified atom stereocenters. The molecule has 1 aliphatic carbocycles. The zero-order valence-corrected chi connectivity index (χ0v) is 11.2. The molecular weight excluding hydrogens is 234 g/mol. The van der Waals surface area contributed by atoms with Crippen molar-refractivity contribution in [3.8, 4) is 5.75 Å². The van der Waals surface area contributed by atoms with E-state index in [1.807, 2.05) is 18.2 Å². The van der Waals surface area contributed by atoms with Crippen molar-refractivity contribution in [1.29, 1.82) is 0 Å². The lowest BCUT2D eigenvalue weighted by Gasteiger charge is -2.27. The highest BCUT2D eigenvalue weighted by atomic mass is 16.5. The molecule has 19 heavy (non-hydrogen) atoms. The average molecular weight is 253 g/mol. The highest BCUT2D eigenvalue weighted by molar-refractivity contribution is 5.57. The second kappa shape index (κ2) is 5.35. The Bertz CT molecular complexity index is 565. The van der Waals surface area contributed by atoms with Gasteiger partial charge in [-0.05, 0) is 42.5 Å². The zero-order valence-electron chi connectivity index (χ0n) is 11.2. The quantitative estimate of drug-likeness (QED) is 0.901. The van der Waals surface area contributed by atoms with Crippen molar-refractivity contribution in [3.63, 3.8) is 0 Å². The van der Waals surface area contributed by atoms with E-state index >= 15 is 0 Å². The molecule has 0 bridgehead atoms. The lowest BCUT2D eigenvalue weighted by molar-refractivity contribution is 0.415. The van der Waals surface area contributed by atoms with Crippen molar-refractivity contribution in [2.24, 2.45) is 0 Å². The van der Waals surface area contributed by atoms with Crippen molar-refractivity contribution in [2.45, 2.75) is 25.3 Å². The van der Waals surface area contributed by atoms with E-state index < -0.39 is 0 Å². The number of hydrogen-bond acceptors (Lipinski definition) is 2. The summed E-state index contributed by atoms with van der Waals surface area (Å²) in [5, 5.41) is 3.62. The molecule has 0 heterocycles. The third kappa shape index (κ3) is 2.58. The first kappa shape index (κ1) is 12.1. The maximum atomic E-state index is 5.39. The highest BCUT2D eigenvalue weighted by Crippen LogP contribution is 2.28. The van der Waals surface area contributed by atoms with Crippen LogP contribution in [0.5, 0.6) is 5.75 Å². The molecule has 3 rings (SSSR count). The fourth-order valence-electron chi connectivity index (χ4n) is 2.80. The van der Waals surface area contributed by atoms with E-state index in [0.717, 1.165) is 24.3 Å². The number of ether oxygens (including phenoxy) is 1. The van der Waals surface area contributed by atoms with Crippen molar-refractivity contribution in [1.82, 2.24) is 0 Å². The minimum atomic E-state index is 0.492. The van der Waals surface area contributed by atoms with Crippen LogP contribution in [0.2, 0.25) is 0 Å². The van der Waals surface area contributed by atoms with E-state index in [1.54, 1.807) is 7.11 Å². The summed E-state index contributed by atoms with van der Waals surface area (Å²) in [6.07, 6.45) is 3.42. The van der Waals surface area contributed by atoms with E-state index in [2.05, 4.69) is 35.6 Å². The second-order valence-electron chi connectivity index (χ2n) is 5.05. The van der Waals surface area contributed by atoms with Crippen LogP contribution < -0.4 is 10.1 Å². The van der Waals surface area contributed by atoms with Gasteiger partial charge in [0, 0.05) is 6.04 Å². The van der Waals surface area contributed by atoms with Crippen LogP contribution in [0.4, 0.5) is 5.69 Å². The van der Waals surface area contributed by atoms with Crippen LogP contribution >= 0.6 is 0 Å². The molecule has 0 aliphatic heterocycles. The number of para-hydroxylation sites is 2. The first-order valence-electron chi connectivity index (χ1n) is 6.83. The van der Waals surface area contributed by atoms with Crippen LogP contribution in [0.25, 0.3) is 0 Å². The molecular formula is C17H19NO. The molecule has 1 atom stereocenters. The fraction of sp³-hybridized carbons (Fsp3) is 0.294. The fourth-order valence-corrected chi connectivity index (χ4v) is 2.80. The zero-order chi connectivity index (χ0) is 13.1. The lowest BCUT2D eigenvalue weighted by atomic mass is 9.88. The van der Waals surface area contributed by atoms with Gasteiger partial charge in [0.05, 0.1) is 12.8 Å². The highest BCUT2D eigenvalue weighted by Gasteiger charge is 2.18. The van der Waals surface area contributed by atoms with Gasteiger partial charge in [0.1, 0.15) is 5.75 Å². The SMILES string of the molecule is COc1ccccc1NC1CCc2ccccc2C1. The Labute approximate surface area is 114 Å². The molecule has 0 spiro atoms. The lowest BCUT2D eigenvalue weighted by Crippen LogP contribution is -2.27. The molecule has 2 aromatic rings. The predicted octanol–water partition coefficient (Wildman–Crippen LogP) is 3.66. The molecule has 0 radical (unpaired) electrons. The van der Waals surface area contributed by atoms with Gasteiger partial charge < -0.3 is 10.1 Å². The summed E-state index contributed by atoms with van der Waals surface area (Å²) in [7, 11) is 1.72. The number of rotatable bonds is 3. The van der Waals surface area contributed by atoms with Gasteiger partial charge in [0.15, 0.2) is 0 Å². The number of fused-ring (bicyclic) bond motifs is 1. The van der Waals surface area contributed by atoms with Gasteiger partial charge in [-0.3, -0.25) is 0 Å². The number of hydrogen-bond donors (Lipinski definition) is 1. The Balaban J connectivity index is 1.75. The van der Waals surface area contributed by atoms with Gasteiger partial charge in [-0.25, -0.2) is 0 Å². The third-order valence-corrected chi connectivity index (χ3v) is 3.81. The third-order valence-electron chi connectivity index (χ3n) is 3.81. The second-order valence-corrected chi connectivity index (χ2v) is 5.05. The first-order chi connectivity index (χ1) is 9.36. The predicted molar refractivity (Wildman–Crippen MR) is 78.9 cm³/mol. The van der Waals surface area contributed by atoms with Crippen molar-refractivity contribution in [3.05, 3.63) is 59.7 Å². The molecule has 1 N–H and O–H groups in total. The van der Waals surface area contributed by atoms with Crippen LogP contribution in [0.3, 0.4) is 0 Å². The maximum Gasteiger partial charge on any atom is 0.141 e. The monoisotopic (exact) mass is 253 g/mol. The summed E-state index contributed by atoms with van der Waals surface area (Å²) in [4.78, 5) is 0. The van der Waals surface area contributed by atoms with E-state index in [1.165, 1.54) is 17.5 Å². The van der Waals surface area contributed by atoms with Crippen LogP contribution in [-0.4, -0.2) is 13.2 Å². The van der Waals surface area contributed by atoms with Crippen LogP contribution in [0, 0.1) is 0 Å². The van der Waals surface area contributed by atoms with Gasteiger partial charge in [-0.1, -0.05) is 36.4 Å². The average Bonchev–Trinajstić information content (AvgIpc) is 2.48. The molecule has 2 nitrogen and oxygen atoms in total. The van der Waals surface area contributed by atoms with E-state index in [9.17, 15) is 0 Å². The molecule has 0 aromatic heterocycles. The topological polar surface area (TPSA) is 21.3 Å². The van der Waals surface area contributed by atoms with Crippen LogP contribution in [0.1, 0.15) is 17.5 Å². The standard InChI is InChI=1S/C17H19NO/c1-19-17-9-5-4-8-16(17)18-15-11-10-13-6-2-3-7-14(13)12-15/h2-9,15,18H,10-12H2,1H3. The Morgan fingerprint density at radius 2 is 1.74 bits per heavy atom. The summed E-state index contributed by atoms with van der Waals surface area (Å²) in [5.41, 5.74) is 4.07. The molecule has 0 saturated heterocycles. The molecule has 0 amide bonds. The van der Waals surface area contributed by atoms with E-state index in [4.69, 9.17) is 4.74 Å². The molecule has 2 aromatic carbocycles. The summed E-state index contributed by atoms with van der Waals surface area (Å²) in [6.45, 7) is 0.